The number of rotatable bonds is 7. The second-order valence-electron chi connectivity index (χ2n) is 8.41. The Balaban J connectivity index is 1.78. The molecule has 7 nitrogen and oxygen atoms in total. The lowest BCUT2D eigenvalue weighted by Crippen LogP contribution is -2.29. The van der Waals surface area contributed by atoms with E-state index in [-0.39, 0.29) is 35.4 Å². The van der Waals surface area contributed by atoms with E-state index < -0.39 is 17.7 Å². The van der Waals surface area contributed by atoms with Crippen molar-refractivity contribution >= 4 is 52.0 Å². The maximum Gasteiger partial charge on any atom is 0.310 e. The van der Waals surface area contributed by atoms with Gasteiger partial charge in [-0.25, -0.2) is 0 Å². The first kappa shape index (κ1) is 25.5. The minimum atomic E-state index is -0.856. The van der Waals surface area contributed by atoms with Gasteiger partial charge in [0.05, 0.1) is 30.8 Å². The second-order valence-corrected chi connectivity index (χ2v) is 9.83. The summed E-state index contributed by atoms with van der Waals surface area (Å²) in [7, 11) is 1.44. The number of anilines is 1. The fourth-order valence-electron chi connectivity index (χ4n) is 4.07. The van der Waals surface area contributed by atoms with Crippen LogP contribution in [-0.2, 0) is 25.5 Å². The molecule has 0 radical (unpaired) electrons. The molecular formula is C27H24ClNO6S. The van der Waals surface area contributed by atoms with Crippen LogP contribution in [0.15, 0.2) is 65.6 Å². The maximum atomic E-state index is 13.3. The monoisotopic (exact) mass is 525 g/mol. The summed E-state index contributed by atoms with van der Waals surface area (Å²) in [6.07, 6.45) is -0.132. The van der Waals surface area contributed by atoms with Crippen LogP contribution in [0, 0.1) is 0 Å². The number of Topliss-reactive ketones (excluding diaryl/α,β-unsaturated/α-hetero) is 1. The van der Waals surface area contributed by atoms with Crippen molar-refractivity contribution in [1.82, 2.24) is 0 Å². The zero-order valence-electron chi connectivity index (χ0n) is 19.9. The summed E-state index contributed by atoms with van der Waals surface area (Å²) in [5, 5.41) is 13.5. The van der Waals surface area contributed by atoms with E-state index >= 15 is 0 Å². The van der Waals surface area contributed by atoms with Gasteiger partial charge in [-0.2, -0.15) is 0 Å². The molecule has 0 bridgehead atoms. The van der Waals surface area contributed by atoms with Gasteiger partial charge in [-0.05, 0) is 61.2 Å². The number of esters is 1. The first-order valence-electron chi connectivity index (χ1n) is 11.2. The molecule has 9 heteroatoms. The lowest BCUT2D eigenvalue weighted by Gasteiger charge is -2.24. The number of benzene rings is 2. The number of nitrogens with zero attached hydrogens (tertiary/aromatic N) is 1. The van der Waals surface area contributed by atoms with Gasteiger partial charge in [0.2, 0.25) is 0 Å². The molecule has 0 saturated carbocycles. The largest absolute Gasteiger partial charge is 0.507 e. The topological polar surface area (TPSA) is 93.1 Å². The average Bonchev–Trinajstić information content (AvgIpc) is 3.45. The Labute approximate surface area is 217 Å². The third kappa shape index (κ3) is 5.01. The molecule has 0 aliphatic carbocycles. The van der Waals surface area contributed by atoms with Crippen LogP contribution in [0.3, 0.4) is 0 Å². The molecule has 1 aromatic heterocycles. The van der Waals surface area contributed by atoms with Crippen molar-refractivity contribution in [2.45, 2.75) is 32.4 Å². The fourth-order valence-corrected chi connectivity index (χ4v) is 5.07. The van der Waals surface area contributed by atoms with Gasteiger partial charge >= 0.3 is 5.97 Å². The molecule has 1 aliphatic rings. The van der Waals surface area contributed by atoms with Crippen LogP contribution in [0.5, 0.6) is 5.75 Å². The van der Waals surface area contributed by atoms with E-state index in [9.17, 15) is 19.5 Å². The number of carbonyl (C=O) groups is 3. The molecule has 3 aromatic rings. The number of ether oxygens (including phenoxy) is 2. The van der Waals surface area contributed by atoms with Crippen LogP contribution < -0.4 is 9.64 Å². The lowest BCUT2D eigenvalue weighted by atomic mass is 9.99. The van der Waals surface area contributed by atoms with Crippen molar-refractivity contribution in [2.24, 2.45) is 0 Å². The molecule has 2 heterocycles. The molecule has 36 heavy (non-hydrogen) atoms. The van der Waals surface area contributed by atoms with Crippen molar-refractivity contribution < 1.29 is 29.0 Å². The van der Waals surface area contributed by atoms with Crippen LogP contribution in [0.4, 0.5) is 5.69 Å². The molecule has 1 unspecified atom stereocenters. The Morgan fingerprint density at radius 3 is 2.47 bits per heavy atom. The number of thiophene rings is 1. The second kappa shape index (κ2) is 10.6. The molecule has 1 aliphatic heterocycles. The lowest BCUT2D eigenvalue weighted by molar-refractivity contribution is -0.146. The third-order valence-electron chi connectivity index (χ3n) is 5.60. The van der Waals surface area contributed by atoms with Crippen molar-refractivity contribution in [3.8, 4) is 5.75 Å². The van der Waals surface area contributed by atoms with Crippen molar-refractivity contribution in [1.29, 1.82) is 0 Å². The van der Waals surface area contributed by atoms with Crippen molar-refractivity contribution in [3.05, 3.63) is 86.6 Å². The number of carbonyl (C=O) groups excluding carboxylic acids is 3. The predicted octanol–water partition coefficient (Wildman–Crippen LogP) is 5.53. The minimum Gasteiger partial charge on any atom is -0.507 e. The molecule has 1 atom stereocenters. The molecule has 2 aromatic carbocycles. The van der Waals surface area contributed by atoms with Gasteiger partial charge < -0.3 is 14.6 Å². The molecule has 0 spiro atoms. The highest BCUT2D eigenvalue weighted by Gasteiger charge is 2.47. The SMILES string of the molecule is COc1ccc(Cl)cc1/C(O)=C1/C(=O)C(=O)N(c2ccc(CC(=O)OC(C)C)cc2)C1c1cccs1. The summed E-state index contributed by atoms with van der Waals surface area (Å²) in [6.45, 7) is 3.56. The highest BCUT2D eigenvalue weighted by molar-refractivity contribution is 7.10. The molecule has 1 fully saturated rings. The Morgan fingerprint density at radius 1 is 1.14 bits per heavy atom. The van der Waals surface area contributed by atoms with Crippen molar-refractivity contribution in [3.63, 3.8) is 0 Å². The van der Waals surface area contributed by atoms with Crippen LogP contribution in [0.25, 0.3) is 5.76 Å². The first-order chi connectivity index (χ1) is 17.2. The van der Waals surface area contributed by atoms with Crippen molar-refractivity contribution in [2.75, 3.05) is 12.0 Å². The van der Waals surface area contributed by atoms with Crippen LogP contribution in [-0.4, -0.2) is 36.0 Å². The number of hydrogen-bond donors (Lipinski definition) is 1. The van der Waals surface area contributed by atoms with Crippen LogP contribution in [0.1, 0.15) is 35.9 Å². The van der Waals surface area contributed by atoms with E-state index in [0.29, 0.717) is 26.9 Å². The summed E-state index contributed by atoms with van der Waals surface area (Å²) in [6, 6.07) is 14.2. The normalized spacial score (nSPS) is 17.0. The standard InChI is InChI=1S/C27H24ClNO6S/c1-15(2)35-22(30)13-16-6-9-18(10-7-16)29-24(21-5-4-12-36-21)23(26(32)27(29)33)25(31)19-14-17(28)8-11-20(19)34-3/h4-12,14-15,24,31H,13H2,1-3H3/b25-23-. The number of methoxy groups -OCH3 is 1. The van der Waals surface area contributed by atoms with Gasteiger partial charge in [-0.1, -0.05) is 29.8 Å². The number of aliphatic hydroxyl groups excluding tert-OH is 1. The number of hydrogen-bond acceptors (Lipinski definition) is 7. The fraction of sp³-hybridized carbons (Fsp3) is 0.222. The van der Waals surface area contributed by atoms with E-state index in [2.05, 4.69) is 0 Å². The highest BCUT2D eigenvalue weighted by atomic mass is 35.5. The van der Waals surface area contributed by atoms with Crippen LogP contribution in [0.2, 0.25) is 5.02 Å². The predicted molar refractivity (Wildman–Crippen MR) is 138 cm³/mol. The number of amides is 1. The van der Waals surface area contributed by atoms with Gasteiger partial charge in [0.25, 0.3) is 11.7 Å². The van der Waals surface area contributed by atoms with E-state index in [0.717, 1.165) is 0 Å². The quantitative estimate of drug-likeness (QED) is 0.189. The first-order valence-corrected chi connectivity index (χ1v) is 12.4. The zero-order valence-corrected chi connectivity index (χ0v) is 21.4. The Morgan fingerprint density at radius 2 is 1.86 bits per heavy atom. The van der Waals surface area contributed by atoms with E-state index in [4.69, 9.17) is 21.1 Å². The van der Waals surface area contributed by atoms with Gasteiger partial charge in [0.15, 0.2) is 0 Å². The zero-order chi connectivity index (χ0) is 26.0. The number of aliphatic hydroxyl groups is 1. The summed E-state index contributed by atoms with van der Waals surface area (Å²) in [5.41, 5.74) is 1.31. The maximum absolute atomic E-state index is 13.3. The number of ketones is 1. The van der Waals surface area contributed by atoms with Gasteiger partial charge in [-0.3, -0.25) is 19.3 Å². The summed E-state index contributed by atoms with van der Waals surface area (Å²) in [5.74, 6) is -2.01. The smallest absolute Gasteiger partial charge is 0.310 e. The average molecular weight is 526 g/mol. The molecule has 1 amide bonds. The van der Waals surface area contributed by atoms with Gasteiger partial charge in [0.1, 0.15) is 17.6 Å². The summed E-state index contributed by atoms with van der Waals surface area (Å²) in [4.78, 5) is 40.6. The Kier molecular flexibility index (Phi) is 7.47. The number of halogens is 1. The van der Waals surface area contributed by atoms with E-state index in [1.54, 1.807) is 56.3 Å². The molecule has 1 N–H and O–H groups in total. The Hall–Kier alpha value is -3.62. The summed E-state index contributed by atoms with van der Waals surface area (Å²) < 4.78 is 10.5. The highest BCUT2D eigenvalue weighted by Crippen LogP contribution is 2.44. The van der Waals surface area contributed by atoms with Crippen LogP contribution >= 0.6 is 22.9 Å². The van der Waals surface area contributed by atoms with Gasteiger partial charge in [-0.15, -0.1) is 11.3 Å². The minimum absolute atomic E-state index is 0.0624. The van der Waals surface area contributed by atoms with E-state index in [1.807, 2.05) is 11.4 Å². The summed E-state index contributed by atoms with van der Waals surface area (Å²) >= 11 is 7.51. The molecule has 4 rings (SSSR count). The van der Waals surface area contributed by atoms with E-state index in [1.165, 1.54) is 29.4 Å². The third-order valence-corrected chi connectivity index (χ3v) is 6.76. The van der Waals surface area contributed by atoms with Gasteiger partial charge in [0, 0.05) is 15.6 Å². The molecule has 1 saturated heterocycles. The molecular weight excluding hydrogens is 502 g/mol. The molecule has 186 valence electrons. The Bertz CT molecular complexity index is 1330.